The fourth-order valence-corrected chi connectivity index (χ4v) is 1.89. The average Bonchev–Trinajstić information content (AvgIpc) is 3.24. The first-order chi connectivity index (χ1) is 10.2. The van der Waals surface area contributed by atoms with E-state index in [1.54, 1.807) is 14.0 Å². The van der Waals surface area contributed by atoms with Gasteiger partial charge < -0.3 is 13.9 Å². The van der Waals surface area contributed by atoms with Crippen molar-refractivity contribution >= 4 is 5.97 Å². The number of carbonyl (C=O) groups excluding carboxylic acids is 1. The van der Waals surface area contributed by atoms with Gasteiger partial charge in [-0.15, -0.1) is 10.2 Å². The summed E-state index contributed by atoms with van der Waals surface area (Å²) >= 11 is 0. The lowest BCUT2D eigenvalue weighted by Crippen LogP contribution is -2.10. The molecule has 110 valence electrons. The van der Waals surface area contributed by atoms with Gasteiger partial charge in [0.2, 0.25) is 5.89 Å². The summed E-state index contributed by atoms with van der Waals surface area (Å²) in [4.78, 5) is 11.6. The number of hydrogen-bond acceptors (Lipinski definition) is 6. The summed E-state index contributed by atoms with van der Waals surface area (Å²) < 4.78 is 16.0. The SMILES string of the molecule is COc1ccc(-c2nnc([C@@H](C)OC(=O)C3CC3)o2)cc1. The molecular weight excluding hydrogens is 272 g/mol. The molecule has 6 heteroatoms. The van der Waals surface area contributed by atoms with E-state index in [2.05, 4.69) is 10.2 Å². The molecule has 1 aliphatic rings. The molecule has 0 radical (unpaired) electrons. The molecule has 1 heterocycles. The maximum absolute atomic E-state index is 11.6. The van der Waals surface area contributed by atoms with E-state index in [0.29, 0.717) is 11.8 Å². The molecule has 0 N–H and O–H groups in total. The van der Waals surface area contributed by atoms with Gasteiger partial charge in [-0.3, -0.25) is 4.79 Å². The van der Waals surface area contributed by atoms with Gasteiger partial charge in [0.1, 0.15) is 5.75 Å². The van der Waals surface area contributed by atoms with Gasteiger partial charge in [-0.25, -0.2) is 0 Å². The van der Waals surface area contributed by atoms with Crippen LogP contribution in [0.25, 0.3) is 11.5 Å². The van der Waals surface area contributed by atoms with E-state index in [1.165, 1.54) is 0 Å². The summed E-state index contributed by atoms with van der Waals surface area (Å²) in [5.74, 6) is 1.31. The minimum atomic E-state index is -0.530. The van der Waals surface area contributed by atoms with Crippen molar-refractivity contribution in [2.24, 2.45) is 5.92 Å². The zero-order valence-corrected chi connectivity index (χ0v) is 11.9. The lowest BCUT2D eigenvalue weighted by atomic mass is 10.2. The number of hydrogen-bond donors (Lipinski definition) is 0. The fourth-order valence-electron chi connectivity index (χ4n) is 1.89. The van der Waals surface area contributed by atoms with Crippen molar-refractivity contribution in [3.63, 3.8) is 0 Å². The molecule has 21 heavy (non-hydrogen) atoms. The van der Waals surface area contributed by atoms with Gasteiger partial charge in [0.15, 0.2) is 6.10 Å². The molecular formula is C15H16N2O4. The van der Waals surface area contributed by atoms with Crippen molar-refractivity contribution in [3.05, 3.63) is 30.2 Å². The third-order valence-electron chi connectivity index (χ3n) is 3.33. The van der Waals surface area contributed by atoms with Crippen molar-refractivity contribution in [1.82, 2.24) is 10.2 Å². The first kappa shape index (κ1) is 13.6. The van der Waals surface area contributed by atoms with Crippen molar-refractivity contribution in [2.75, 3.05) is 7.11 Å². The Bertz CT molecular complexity index is 631. The van der Waals surface area contributed by atoms with Crippen LogP contribution in [0.2, 0.25) is 0 Å². The number of aromatic nitrogens is 2. The summed E-state index contributed by atoms with van der Waals surface area (Å²) in [7, 11) is 1.61. The molecule has 1 aromatic heterocycles. The number of rotatable bonds is 5. The van der Waals surface area contributed by atoms with Crippen molar-refractivity contribution in [2.45, 2.75) is 25.9 Å². The molecule has 0 amide bonds. The van der Waals surface area contributed by atoms with Gasteiger partial charge >= 0.3 is 5.97 Å². The second-order valence-corrected chi connectivity index (χ2v) is 5.03. The third kappa shape index (κ3) is 3.04. The largest absolute Gasteiger partial charge is 0.497 e. The van der Waals surface area contributed by atoms with Crippen LogP contribution in [0.4, 0.5) is 0 Å². The standard InChI is InChI=1S/C15H16N2O4/c1-9(20-15(18)11-3-4-11)13-16-17-14(21-13)10-5-7-12(19-2)8-6-10/h5-9,11H,3-4H2,1-2H3/t9-/m1/s1. The van der Waals surface area contributed by atoms with E-state index in [9.17, 15) is 4.79 Å². The van der Waals surface area contributed by atoms with Crippen LogP contribution < -0.4 is 4.74 Å². The Morgan fingerprint density at radius 1 is 1.29 bits per heavy atom. The quantitative estimate of drug-likeness (QED) is 0.787. The van der Waals surface area contributed by atoms with E-state index in [-0.39, 0.29) is 11.9 Å². The summed E-state index contributed by atoms with van der Waals surface area (Å²) in [5, 5.41) is 7.92. The van der Waals surface area contributed by atoms with Crippen LogP contribution in [-0.4, -0.2) is 23.3 Å². The number of esters is 1. The lowest BCUT2D eigenvalue weighted by molar-refractivity contribution is -0.151. The van der Waals surface area contributed by atoms with Gasteiger partial charge in [-0.2, -0.15) is 0 Å². The summed E-state index contributed by atoms with van der Waals surface area (Å²) in [6, 6.07) is 7.29. The molecule has 2 aromatic rings. The van der Waals surface area contributed by atoms with Gasteiger partial charge in [0.05, 0.1) is 13.0 Å². The predicted octanol–water partition coefficient (Wildman–Crippen LogP) is 2.76. The Morgan fingerprint density at radius 2 is 2.00 bits per heavy atom. The molecule has 1 fully saturated rings. The van der Waals surface area contributed by atoms with E-state index in [0.717, 1.165) is 24.2 Å². The molecule has 1 saturated carbocycles. The number of nitrogens with zero attached hydrogens (tertiary/aromatic N) is 2. The zero-order valence-electron chi connectivity index (χ0n) is 11.9. The highest BCUT2D eigenvalue weighted by atomic mass is 16.6. The van der Waals surface area contributed by atoms with Gasteiger partial charge in [-0.1, -0.05) is 0 Å². The molecule has 0 spiro atoms. The topological polar surface area (TPSA) is 74.5 Å². The van der Waals surface area contributed by atoms with Gasteiger partial charge in [0, 0.05) is 5.56 Å². The molecule has 0 unspecified atom stereocenters. The number of ether oxygens (including phenoxy) is 2. The van der Waals surface area contributed by atoms with Crippen LogP contribution >= 0.6 is 0 Å². The smallest absolute Gasteiger partial charge is 0.309 e. The van der Waals surface area contributed by atoms with Crippen molar-refractivity contribution in [1.29, 1.82) is 0 Å². The molecule has 1 atom stereocenters. The zero-order chi connectivity index (χ0) is 14.8. The highest BCUT2D eigenvalue weighted by molar-refractivity contribution is 5.75. The van der Waals surface area contributed by atoms with Crippen LogP contribution in [0.5, 0.6) is 5.75 Å². The first-order valence-electron chi connectivity index (χ1n) is 6.85. The van der Waals surface area contributed by atoms with Crippen LogP contribution in [0.1, 0.15) is 31.8 Å². The summed E-state index contributed by atoms with van der Waals surface area (Å²) in [6.07, 6.45) is 1.29. The Kier molecular flexibility index (Phi) is 3.60. The second-order valence-electron chi connectivity index (χ2n) is 5.03. The van der Waals surface area contributed by atoms with Crippen molar-refractivity contribution in [3.8, 4) is 17.2 Å². The van der Waals surface area contributed by atoms with Gasteiger partial charge in [-0.05, 0) is 44.0 Å². The predicted molar refractivity (Wildman–Crippen MR) is 73.5 cm³/mol. The molecule has 6 nitrogen and oxygen atoms in total. The minimum absolute atomic E-state index is 0.0523. The number of carbonyl (C=O) groups is 1. The van der Waals surface area contributed by atoms with Crippen LogP contribution in [0.15, 0.2) is 28.7 Å². The first-order valence-corrected chi connectivity index (χ1v) is 6.85. The third-order valence-corrected chi connectivity index (χ3v) is 3.33. The second kappa shape index (κ2) is 5.55. The molecule has 1 aliphatic carbocycles. The lowest BCUT2D eigenvalue weighted by Gasteiger charge is -2.08. The Balaban J connectivity index is 1.70. The van der Waals surface area contributed by atoms with Crippen LogP contribution in [0, 0.1) is 5.92 Å². The highest BCUT2D eigenvalue weighted by Crippen LogP contribution is 2.32. The monoisotopic (exact) mass is 288 g/mol. The molecule has 1 aromatic carbocycles. The molecule has 0 bridgehead atoms. The fraction of sp³-hybridized carbons (Fsp3) is 0.400. The van der Waals surface area contributed by atoms with E-state index >= 15 is 0 Å². The van der Waals surface area contributed by atoms with E-state index in [1.807, 2.05) is 24.3 Å². The van der Waals surface area contributed by atoms with E-state index < -0.39 is 6.10 Å². The van der Waals surface area contributed by atoms with Crippen molar-refractivity contribution < 1.29 is 18.7 Å². The summed E-state index contributed by atoms with van der Waals surface area (Å²) in [6.45, 7) is 1.73. The molecule has 0 aliphatic heterocycles. The highest BCUT2D eigenvalue weighted by Gasteiger charge is 2.33. The van der Waals surface area contributed by atoms with Gasteiger partial charge in [0.25, 0.3) is 5.89 Å². The molecule has 3 rings (SSSR count). The normalized spacial score (nSPS) is 15.5. The minimum Gasteiger partial charge on any atom is -0.497 e. The van der Waals surface area contributed by atoms with Crippen LogP contribution in [0.3, 0.4) is 0 Å². The Labute approximate surface area is 122 Å². The van der Waals surface area contributed by atoms with Crippen LogP contribution in [-0.2, 0) is 9.53 Å². The number of benzene rings is 1. The molecule has 0 saturated heterocycles. The maximum Gasteiger partial charge on any atom is 0.309 e. The number of methoxy groups -OCH3 is 1. The maximum atomic E-state index is 11.6. The Morgan fingerprint density at radius 3 is 2.62 bits per heavy atom. The summed E-state index contributed by atoms with van der Waals surface area (Å²) in [5.41, 5.74) is 0.787. The average molecular weight is 288 g/mol. The van der Waals surface area contributed by atoms with E-state index in [4.69, 9.17) is 13.9 Å². The Hall–Kier alpha value is -2.37.